The van der Waals surface area contributed by atoms with Gasteiger partial charge in [0, 0.05) is 7.05 Å². The summed E-state index contributed by atoms with van der Waals surface area (Å²) in [6, 6.07) is 0.203. The highest BCUT2D eigenvalue weighted by Gasteiger charge is 2.01. The van der Waals surface area contributed by atoms with Crippen LogP contribution in [0.15, 0.2) is 0 Å². The molecule has 0 fully saturated rings. The SMILES string of the molecule is CNc1nc(Cl)nc(OC)n1. The van der Waals surface area contributed by atoms with Crippen molar-refractivity contribution in [2.45, 2.75) is 0 Å². The Morgan fingerprint density at radius 2 is 2.09 bits per heavy atom. The van der Waals surface area contributed by atoms with Gasteiger partial charge in [-0.3, -0.25) is 0 Å². The number of anilines is 1. The third kappa shape index (κ3) is 1.91. The van der Waals surface area contributed by atoms with Crippen molar-refractivity contribution in [2.24, 2.45) is 0 Å². The fourth-order valence-corrected chi connectivity index (χ4v) is 0.687. The van der Waals surface area contributed by atoms with Crippen LogP contribution in [-0.2, 0) is 0 Å². The summed E-state index contributed by atoms with van der Waals surface area (Å²) in [6.07, 6.45) is 0. The molecule has 0 saturated carbocycles. The van der Waals surface area contributed by atoms with E-state index in [1.807, 2.05) is 0 Å². The molecule has 60 valence electrons. The summed E-state index contributed by atoms with van der Waals surface area (Å²) in [5.41, 5.74) is 0. The molecule has 0 saturated heterocycles. The van der Waals surface area contributed by atoms with Gasteiger partial charge in [-0.25, -0.2) is 0 Å². The number of halogens is 1. The second kappa shape index (κ2) is 3.34. The molecule has 0 atom stereocenters. The molecule has 0 aliphatic carbocycles. The number of hydrogen-bond acceptors (Lipinski definition) is 5. The van der Waals surface area contributed by atoms with Gasteiger partial charge >= 0.3 is 6.01 Å². The molecule has 1 heterocycles. The summed E-state index contributed by atoms with van der Waals surface area (Å²) in [5.74, 6) is 0.391. The van der Waals surface area contributed by atoms with Crippen molar-refractivity contribution in [1.82, 2.24) is 15.0 Å². The zero-order valence-electron chi connectivity index (χ0n) is 6.13. The fourth-order valence-electron chi connectivity index (χ4n) is 0.535. The molecule has 0 radical (unpaired) electrons. The van der Waals surface area contributed by atoms with Crippen molar-refractivity contribution in [1.29, 1.82) is 0 Å². The molecule has 11 heavy (non-hydrogen) atoms. The van der Waals surface area contributed by atoms with Gasteiger partial charge < -0.3 is 10.1 Å². The minimum Gasteiger partial charge on any atom is -0.467 e. The molecule has 1 aromatic heterocycles. The van der Waals surface area contributed by atoms with Crippen LogP contribution in [0.2, 0.25) is 5.28 Å². The number of methoxy groups -OCH3 is 1. The van der Waals surface area contributed by atoms with Crippen molar-refractivity contribution in [3.05, 3.63) is 5.28 Å². The molecule has 1 rings (SSSR count). The maximum atomic E-state index is 5.53. The first-order chi connectivity index (χ1) is 5.26. The summed E-state index contributed by atoms with van der Waals surface area (Å²) in [4.78, 5) is 11.3. The molecule has 6 heteroatoms. The van der Waals surface area contributed by atoms with Crippen LogP contribution in [0.25, 0.3) is 0 Å². The summed E-state index contributed by atoms with van der Waals surface area (Å²) in [7, 11) is 3.15. The summed E-state index contributed by atoms with van der Waals surface area (Å²) in [6.45, 7) is 0. The summed E-state index contributed by atoms with van der Waals surface area (Å²) < 4.78 is 4.75. The van der Waals surface area contributed by atoms with Gasteiger partial charge in [0.2, 0.25) is 11.2 Å². The van der Waals surface area contributed by atoms with E-state index < -0.39 is 0 Å². The number of aromatic nitrogens is 3. The second-order valence-corrected chi connectivity index (χ2v) is 2.00. The van der Waals surface area contributed by atoms with E-state index >= 15 is 0 Å². The van der Waals surface area contributed by atoms with Gasteiger partial charge in [-0.1, -0.05) is 0 Å². The average molecular weight is 175 g/mol. The van der Waals surface area contributed by atoms with Crippen molar-refractivity contribution in [3.63, 3.8) is 0 Å². The highest BCUT2D eigenvalue weighted by Crippen LogP contribution is 2.09. The Balaban J connectivity index is 3.02. The van der Waals surface area contributed by atoms with Crippen LogP contribution >= 0.6 is 11.6 Å². The predicted molar refractivity (Wildman–Crippen MR) is 40.9 cm³/mol. The van der Waals surface area contributed by atoms with Gasteiger partial charge in [0.1, 0.15) is 0 Å². The lowest BCUT2D eigenvalue weighted by Crippen LogP contribution is -2.00. The largest absolute Gasteiger partial charge is 0.467 e. The first kappa shape index (κ1) is 8.00. The van der Waals surface area contributed by atoms with Crippen LogP contribution < -0.4 is 10.1 Å². The van der Waals surface area contributed by atoms with E-state index in [2.05, 4.69) is 20.3 Å². The Kier molecular flexibility index (Phi) is 2.43. The van der Waals surface area contributed by atoms with Crippen LogP contribution in [-0.4, -0.2) is 29.1 Å². The van der Waals surface area contributed by atoms with Gasteiger partial charge in [-0.05, 0) is 11.6 Å². The zero-order chi connectivity index (χ0) is 8.27. The normalized spacial score (nSPS) is 9.36. The molecule has 0 aliphatic heterocycles. The van der Waals surface area contributed by atoms with Crippen LogP contribution in [0.5, 0.6) is 6.01 Å². The Hall–Kier alpha value is -1.10. The number of ether oxygens (including phenoxy) is 1. The maximum Gasteiger partial charge on any atom is 0.322 e. The van der Waals surface area contributed by atoms with Crippen LogP contribution in [0.1, 0.15) is 0 Å². The lowest BCUT2D eigenvalue weighted by atomic mass is 10.9. The standard InChI is InChI=1S/C5H7ClN4O/c1-7-4-8-3(6)9-5(10-4)11-2/h1-2H3,(H,7,8,9,10). The van der Waals surface area contributed by atoms with Crippen molar-refractivity contribution >= 4 is 17.5 Å². The Morgan fingerprint density at radius 1 is 1.36 bits per heavy atom. The molecule has 1 N–H and O–H groups in total. The molecule has 5 nitrogen and oxygen atoms in total. The summed E-state index contributed by atoms with van der Waals surface area (Å²) in [5, 5.41) is 2.83. The van der Waals surface area contributed by atoms with Crippen molar-refractivity contribution in [2.75, 3.05) is 19.5 Å². The summed E-state index contributed by atoms with van der Waals surface area (Å²) >= 11 is 5.53. The first-order valence-electron chi connectivity index (χ1n) is 2.89. The van der Waals surface area contributed by atoms with Crippen LogP contribution in [0.4, 0.5) is 5.95 Å². The van der Waals surface area contributed by atoms with E-state index in [4.69, 9.17) is 16.3 Å². The topological polar surface area (TPSA) is 59.9 Å². The molecule has 0 unspecified atom stereocenters. The van der Waals surface area contributed by atoms with Gasteiger partial charge in [0.15, 0.2) is 0 Å². The second-order valence-electron chi connectivity index (χ2n) is 1.66. The van der Waals surface area contributed by atoms with Gasteiger partial charge in [0.25, 0.3) is 0 Å². The van der Waals surface area contributed by atoms with Crippen molar-refractivity contribution in [3.8, 4) is 6.01 Å². The van der Waals surface area contributed by atoms with Gasteiger partial charge in [-0.2, -0.15) is 15.0 Å². The molecular formula is C5H7ClN4O. The molecule has 0 bridgehead atoms. The molecule has 0 aromatic carbocycles. The lowest BCUT2D eigenvalue weighted by Gasteiger charge is -2.00. The highest BCUT2D eigenvalue weighted by molar-refractivity contribution is 6.28. The van der Waals surface area contributed by atoms with E-state index in [0.717, 1.165) is 0 Å². The number of nitrogens with one attached hydrogen (secondary N) is 1. The fraction of sp³-hybridized carbons (Fsp3) is 0.400. The minimum absolute atomic E-state index is 0.112. The van der Waals surface area contributed by atoms with Gasteiger partial charge in [-0.15, -0.1) is 0 Å². The van der Waals surface area contributed by atoms with Crippen LogP contribution in [0.3, 0.4) is 0 Å². The van der Waals surface area contributed by atoms with Crippen LogP contribution in [0, 0.1) is 0 Å². The molecule has 1 aromatic rings. The number of nitrogens with zero attached hydrogens (tertiary/aromatic N) is 3. The van der Waals surface area contributed by atoms with E-state index in [9.17, 15) is 0 Å². The first-order valence-corrected chi connectivity index (χ1v) is 3.27. The maximum absolute atomic E-state index is 5.53. The molecule has 0 aliphatic rings. The van der Waals surface area contributed by atoms with E-state index in [0.29, 0.717) is 5.95 Å². The predicted octanol–water partition coefficient (Wildman–Crippen LogP) is 0.575. The highest BCUT2D eigenvalue weighted by atomic mass is 35.5. The minimum atomic E-state index is 0.112. The Morgan fingerprint density at radius 3 is 2.64 bits per heavy atom. The monoisotopic (exact) mass is 174 g/mol. The van der Waals surface area contributed by atoms with E-state index in [-0.39, 0.29) is 11.3 Å². The third-order valence-corrected chi connectivity index (χ3v) is 1.16. The Bertz CT molecular complexity index is 232. The Labute approximate surface area is 68.8 Å². The molecule has 0 spiro atoms. The van der Waals surface area contributed by atoms with E-state index in [1.54, 1.807) is 7.05 Å². The smallest absolute Gasteiger partial charge is 0.322 e. The molecule has 0 amide bonds. The van der Waals surface area contributed by atoms with Crippen molar-refractivity contribution < 1.29 is 4.74 Å². The third-order valence-electron chi connectivity index (χ3n) is 0.994. The number of rotatable bonds is 2. The zero-order valence-corrected chi connectivity index (χ0v) is 6.88. The lowest BCUT2D eigenvalue weighted by molar-refractivity contribution is 0.379. The quantitative estimate of drug-likeness (QED) is 0.711. The number of hydrogen-bond donors (Lipinski definition) is 1. The average Bonchev–Trinajstić information content (AvgIpc) is 2.03. The molecular weight excluding hydrogens is 168 g/mol. The van der Waals surface area contributed by atoms with Gasteiger partial charge in [0.05, 0.1) is 7.11 Å². The van der Waals surface area contributed by atoms with E-state index in [1.165, 1.54) is 7.11 Å².